The molecule has 1 aliphatic rings. The highest BCUT2D eigenvalue weighted by molar-refractivity contribution is 7.85. The predicted octanol–water partition coefficient (Wildman–Crippen LogP) is 0.589. The Morgan fingerprint density at radius 3 is 2.06 bits per heavy atom. The van der Waals surface area contributed by atoms with Crippen molar-refractivity contribution in [3.8, 4) is 0 Å². The molecule has 1 heterocycles. The summed E-state index contributed by atoms with van der Waals surface area (Å²) in [7, 11) is -0.815. The first-order valence-electron chi connectivity index (χ1n) is 5.55. The minimum absolute atomic E-state index is 0.136. The molecule has 0 atom stereocenters. The number of nitrogens with zero attached hydrogens (tertiary/aromatic N) is 1. The number of hydrogen-bond donors (Lipinski definition) is 1. The molecule has 0 bridgehead atoms. The van der Waals surface area contributed by atoms with E-state index in [1.807, 2.05) is 0 Å². The summed E-state index contributed by atoms with van der Waals surface area (Å²) in [6.07, 6.45) is 0. The van der Waals surface area contributed by atoms with Crippen LogP contribution in [0.3, 0.4) is 0 Å². The van der Waals surface area contributed by atoms with Gasteiger partial charge in [0.1, 0.15) is 0 Å². The van der Waals surface area contributed by atoms with Gasteiger partial charge in [0.15, 0.2) is 0 Å². The summed E-state index contributed by atoms with van der Waals surface area (Å²) >= 11 is 0. The fourth-order valence-corrected chi connectivity index (χ4v) is 2.83. The zero-order chi connectivity index (χ0) is 13.1. The molecule has 1 N–H and O–H groups in total. The summed E-state index contributed by atoms with van der Waals surface area (Å²) in [6, 6.07) is 5.85. The van der Waals surface area contributed by atoms with Gasteiger partial charge in [-0.3, -0.25) is 9.00 Å². The Morgan fingerprint density at radius 1 is 1.06 bits per heavy atom. The molecule has 0 unspecified atom stereocenters. The normalized spacial score (nSPS) is 16.6. The molecule has 0 aliphatic carbocycles. The van der Waals surface area contributed by atoms with E-state index in [1.165, 1.54) is 24.3 Å². The highest BCUT2D eigenvalue weighted by atomic mass is 32.2. The van der Waals surface area contributed by atoms with Gasteiger partial charge in [-0.1, -0.05) is 0 Å². The first-order valence-corrected chi connectivity index (χ1v) is 7.04. The molecule has 1 aromatic carbocycles. The van der Waals surface area contributed by atoms with Crippen molar-refractivity contribution in [2.75, 3.05) is 24.6 Å². The molecule has 0 spiro atoms. The average Bonchev–Trinajstić information content (AvgIpc) is 2.39. The van der Waals surface area contributed by atoms with Crippen molar-refractivity contribution in [1.29, 1.82) is 0 Å². The quantitative estimate of drug-likeness (QED) is 0.851. The van der Waals surface area contributed by atoms with Crippen LogP contribution >= 0.6 is 0 Å². The summed E-state index contributed by atoms with van der Waals surface area (Å²) in [6.45, 7) is 0.984. The number of carboxylic acid groups (broad SMARTS) is 1. The van der Waals surface area contributed by atoms with Gasteiger partial charge in [0.2, 0.25) is 0 Å². The number of amides is 1. The summed E-state index contributed by atoms with van der Waals surface area (Å²) in [5.41, 5.74) is 0.624. The molecule has 18 heavy (non-hydrogen) atoms. The van der Waals surface area contributed by atoms with Crippen LogP contribution in [0.5, 0.6) is 0 Å². The summed E-state index contributed by atoms with van der Waals surface area (Å²) in [4.78, 5) is 24.4. The van der Waals surface area contributed by atoms with Gasteiger partial charge in [0, 0.05) is 41.0 Å². The first kappa shape index (κ1) is 12.8. The molecular weight excluding hydrogens is 254 g/mol. The summed E-state index contributed by atoms with van der Waals surface area (Å²) in [5, 5.41) is 8.76. The average molecular weight is 267 g/mol. The van der Waals surface area contributed by atoms with E-state index in [1.54, 1.807) is 4.90 Å². The van der Waals surface area contributed by atoms with Gasteiger partial charge in [-0.05, 0) is 24.3 Å². The molecule has 6 heteroatoms. The van der Waals surface area contributed by atoms with E-state index in [0.717, 1.165) is 0 Å². The van der Waals surface area contributed by atoms with Gasteiger partial charge in [-0.25, -0.2) is 4.79 Å². The fraction of sp³-hybridized carbons (Fsp3) is 0.333. The van der Waals surface area contributed by atoms with E-state index in [0.29, 0.717) is 30.2 Å². The third-order valence-electron chi connectivity index (χ3n) is 2.84. The lowest BCUT2D eigenvalue weighted by atomic mass is 10.1. The molecule has 1 aromatic rings. The molecule has 1 amide bonds. The van der Waals surface area contributed by atoms with Crippen LogP contribution in [0.25, 0.3) is 0 Å². The minimum atomic E-state index is -1.01. The Labute approximate surface area is 107 Å². The number of aromatic carboxylic acids is 1. The molecule has 0 aromatic heterocycles. The van der Waals surface area contributed by atoms with Crippen LogP contribution in [0, 0.1) is 0 Å². The van der Waals surface area contributed by atoms with Crippen LogP contribution < -0.4 is 0 Å². The van der Waals surface area contributed by atoms with Crippen LogP contribution in [0.2, 0.25) is 0 Å². The van der Waals surface area contributed by atoms with Gasteiger partial charge in [-0.15, -0.1) is 0 Å². The Hall–Kier alpha value is -1.69. The van der Waals surface area contributed by atoms with Crippen molar-refractivity contribution in [3.05, 3.63) is 35.4 Å². The third-order valence-corrected chi connectivity index (χ3v) is 4.12. The second-order valence-electron chi connectivity index (χ2n) is 4.02. The SMILES string of the molecule is O=C(O)c1ccc(C(=O)N2CCS(=O)CC2)cc1. The minimum Gasteiger partial charge on any atom is -0.478 e. The van der Waals surface area contributed by atoms with Crippen molar-refractivity contribution in [2.24, 2.45) is 0 Å². The van der Waals surface area contributed by atoms with E-state index in [4.69, 9.17) is 5.11 Å². The van der Waals surface area contributed by atoms with Crippen molar-refractivity contribution in [2.45, 2.75) is 0 Å². The second-order valence-corrected chi connectivity index (χ2v) is 5.72. The first-order chi connectivity index (χ1) is 8.58. The largest absolute Gasteiger partial charge is 0.478 e. The van der Waals surface area contributed by atoms with Crippen molar-refractivity contribution in [3.63, 3.8) is 0 Å². The van der Waals surface area contributed by atoms with Crippen molar-refractivity contribution < 1.29 is 18.9 Å². The van der Waals surface area contributed by atoms with Crippen LogP contribution in [0.4, 0.5) is 0 Å². The Bertz CT molecular complexity index is 487. The Balaban J connectivity index is 2.09. The number of carboxylic acids is 1. The molecule has 0 radical (unpaired) electrons. The van der Waals surface area contributed by atoms with E-state index >= 15 is 0 Å². The zero-order valence-corrected chi connectivity index (χ0v) is 10.5. The van der Waals surface area contributed by atoms with Crippen LogP contribution in [-0.4, -0.2) is 50.7 Å². The molecule has 1 fully saturated rings. The molecular formula is C12H13NO4S. The lowest BCUT2D eigenvalue weighted by molar-refractivity contribution is 0.0694. The van der Waals surface area contributed by atoms with E-state index < -0.39 is 16.8 Å². The van der Waals surface area contributed by atoms with Gasteiger partial charge < -0.3 is 10.0 Å². The highest BCUT2D eigenvalue weighted by Crippen LogP contribution is 2.10. The van der Waals surface area contributed by atoms with Crippen molar-refractivity contribution in [1.82, 2.24) is 4.90 Å². The number of rotatable bonds is 2. The number of hydrogen-bond acceptors (Lipinski definition) is 3. The smallest absolute Gasteiger partial charge is 0.335 e. The van der Waals surface area contributed by atoms with Gasteiger partial charge >= 0.3 is 5.97 Å². The highest BCUT2D eigenvalue weighted by Gasteiger charge is 2.21. The lowest BCUT2D eigenvalue weighted by Crippen LogP contribution is -2.41. The van der Waals surface area contributed by atoms with Gasteiger partial charge in [0.25, 0.3) is 5.91 Å². The molecule has 1 aliphatic heterocycles. The van der Waals surface area contributed by atoms with Crippen LogP contribution in [-0.2, 0) is 10.8 Å². The second kappa shape index (κ2) is 5.30. The Morgan fingerprint density at radius 2 is 1.56 bits per heavy atom. The van der Waals surface area contributed by atoms with E-state index in [2.05, 4.69) is 0 Å². The fourth-order valence-electron chi connectivity index (χ4n) is 1.78. The molecule has 5 nitrogen and oxygen atoms in total. The molecule has 0 saturated carbocycles. The maximum atomic E-state index is 12.1. The van der Waals surface area contributed by atoms with E-state index in [9.17, 15) is 13.8 Å². The standard InChI is InChI=1S/C12H13NO4S/c14-11(13-5-7-18(17)8-6-13)9-1-3-10(4-2-9)12(15)16/h1-4H,5-8H2,(H,15,16). The number of carbonyl (C=O) groups excluding carboxylic acids is 1. The maximum Gasteiger partial charge on any atom is 0.335 e. The van der Waals surface area contributed by atoms with Gasteiger partial charge in [-0.2, -0.15) is 0 Å². The predicted molar refractivity (Wildman–Crippen MR) is 67.2 cm³/mol. The summed E-state index contributed by atoms with van der Waals surface area (Å²) < 4.78 is 11.2. The topological polar surface area (TPSA) is 74.7 Å². The monoisotopic (exact) mass is 267 g/mol. The number of benzene rings is 1. The van der Waals surface area contributed by atoms with Crippen molar-refractivity contribution >= 4 is 22.7 Å². The number of carbonyl (C=O) groups is 2. The maximum absolute atomic E-state index is 12.1. The zero-order valence-electron chi connectivity index (χ0n) is 9.67. The van der Waals surface area contributed by atoms with Crippen LogP contribution in [0.1, 0.15) is 20.7 Å². The molecule has 2 rings (SSSR count). The third kappa shape index (κ3) is 2.76. The Kier molecular flexibility index (Phi) is 3.76. The van der Waals surface area contributed by atoms with Crippen LogP contribution in [0.15, 0.2) is 24.3 Å². The molecule has 96 valence electrons. The summed E-state index contributed by atoms with van der Waals surface area (Å²) in [5.74, 6) is -0.122. The lowest BCUT2D eigenvalue weighted by Gasteiger charge is -2.26. The van der Waals surface area contributed by atoms with E-state index in [-0.39, 0.29) is 11.5 Å². The van der Waals surface area contributed by atoms with Gasteiger partial charge in [0.05, 0.1) is 5.56 Å². The molecule has 1 saturated heterocycles.